The Morgan fingerprint density at radius 3 is 2.80 bits per heavy atom. The van der Waals surface area contributed by atoms with E-state index in [1.165, 1.54) is 12.8 Å². The summed E-state index contributed by atoms with van der Waals surface area (Å²) in [5.41, 5.74) is 1.91. The lowest BCUT2D eigenvalue weighted by molar-refractivity contribution is 0.208. The van der Waals surface area contributed by atoms with E-state index in [9.17, 15) is 4.39 Å². The molecule has 3 N–H and O–H groups in total. The first-order chi connectivity index (χ1) is 14.6. The van der Waals surface area contributed by atoms with E-state index in [0.717, 1.165) is 29.7 Å². The second kappa shape index (κ2) is 8.80. The third-order valence-corrected chi connectivity index (χ3v) is 5.73. The molecule has 1 aromatic heterocycles. The van der Waals surface area contributed by atoms with Gasteiger partial charge in [-0.1, -0.05) is 25.0 Å². The lowest BCUT2D eigenvalue weighted by Gasteiger charge is -2.21. The third-order valence-electron chi connectivity index (χ3n) is 5.73. The number of alkyl halides is 1. The van der Waals surface area contributed by atoms with Crippen LogP contribution in [0.1, 0.15) is 36.9 Å². The second-order valence-corrected chi connectivity index (χ2v) is 8.12. The Bertz CT molecular complexity index is 943. The molecule has 6 nitrogen and oxygen atoms in total. The molecule has 0 radical (unpaired) electrons. The number of rotatable bonds is 9. The fourth-order valence-electron chi connectivity index (χ4n) is 3.65. The maximum atomic E-state index is 14.8. The van der Waals surface area contributed by atoms with Crippen molar-refractivity contribution >= 4 is 11.9 Å². The van der Waals surface area contributed by atoms with Gasteiger partial charge >= 0.3 is 0 Å². The second-order valence-electron chi connectivity index (χ2n) is 8.12. The fourth-order valence-corrected chi connectivity index (χ4v) is 3.65. The van der Waals surface area contributed by atoms with Gasteiger partial charge in [0.1, 0.15) is 11.4 Å². The molecule has 0 spiro atoms. The monoisotopic (exact) mass is 407 g/mol. The van der Waals surface area contributed by atoms with E-state index in [2.05, 4.69) is 21.7 Å². The molecule has 1 saturated heterocycles. The van der Waals surface area contributed by atoms with Crippen LogP contribution in [0.25, 0.3) is 11.1 Å². The summed E-state index contributed by atoms with van der Waals surface area (Å²) in [5, 5.41) is 23.1. The van der Waals surface area contributed by atoms with Crippen LogP contribution in [0, 0.1) is 22.7 Å². The molecule has 7 heteroatoms. The summed E-state index contributed by atoms with van der Waals surface area (Å²) in [6, 6.07) is 11.2. The first-order valence-corrected chi connectivity index (χ1v) is 10.4. The van der Waals surface area contributed by atoms with Crippen LogP contribution >= 0.6 is 0 Å². The van der Waals surface area contributed by atoms with Gasteiger partial charge in [0, 0.05) is 18.3 Å². The molecule has 1 saturated carbocycles. The van der Waals surface area contributed by atoms with Crippen molar-refractivity contribution < 1.29 is 9.13 Å². The summed E-state index contributed by atoms with van der Waals surface area (Å²) in [6.07, 6.45) is 5.13. The minimum Gasteiger partial charge on any atom is -0.477 e. The van der Waals surface area contributed by atoms with Crippen molar-refractivity contribution in [2.45, 2.75) is 31.4 Å². The number of halogens is 1. The summed E-state index contributed by atoms with van der Waals surface area (Å²) in [6.45, 7) is 1.71. The summed E-state index contributed by atoms with van der Waals surface area (Å²) < 4.78 is 20.8. The fraction of sp³-hybridized carbons (Fsp3) is 0.435. The van der Waals surface area contributed by atoms with Crippen molar-refractivity contribution in [1.29, 1.82) is 10.7 Å². The summed E-state index contributed by atoms with van der Waals surface area (Å²) in [7, 11) is 0. The average Bonchev–Trinajstić information content (AvgIpc) is 3.50. The summed E-state index contributed by atoms with van der Waals surface area (Å²) in [5.74, 6) is 1.20. The molecule has 2 aromatic rings. The van der Waals surface area contributed by atoms with E-state index in [1.807, 2.05) is 18.2 Å². The van der Waals surface area contributed by atoms with Crippen molar-refractivity contribution in [3.8, 4) is 23.1 Å². The topological polar surface area (TPSA) is 93.8 Å². The third kappa shape index (κ3) is 4.77. The number of nitrogens with zero attached hydrogens (tertiary/aromatic N) is 2. The van der Waals surface area contributed by atoms with Gasteiger partial charge in [-0.15, -0.1) is 0 Å². The highest BCUT2D eigenvalue weighted by Crippen LogP contribution is 2.35. The van der Waals surface area contributed by atoms with Crippen molar-refractivity contribution in [1.82, 2.24) is 10.3 Å². The molecule has 2 fully saturated rings. The number of nitrogens with one attached hydrogen (secondary N) is 3. The highest BCUT2D eigenvalue weighted by Gasteiger charge is 2.33. The van der Waals surface area contributed by atoms with Gasteiger partial charge in [-0.05, 0) is 49.1 Å². The zero-order chi connectivity index (χ0) is 21.0. The SMILES string of the molecule is N#Cc1ccc(-c2cc(NCC3(F)CCNC3)c(C=N)nc2OCCC2CC2)cc1. The molecule has 1 unspecified atom stereocenters. The molecule has 156 valence electrons. The predicted molar refractivity (Wildman–Crippen MR) is 115 cm³/mol. The van der Waals surface area contributed by atoms with Gasteiger partial charge in [0.25, 0.3) is 0 Å². The van der Waals surface area contributed by atoms with Gasteiger partial charge in [-0.3, -0.25) is 0 Å². The molecule has 1 atom stereocenters. The highest BCUT2D eigenvalue weighted by atomic mass is 19.1. The minimum absolute atomic E-state index is 0.150. The van der Waals surface area contributed by atoms with E-state index in [1.54, 1.807) is 12.1 Å². The Morgan fingerprint density at radius 2 is 2.17 bits per heavy atom. The van der Waals surface area contributed by atoms with Crippen molar-refractivity contribution in [3.05, 3.63) is 41.6 Å². The molecule has 30 heavy (non-hydrogen) atoms. The molecule has 4 rings (SSSR count). The van der Waals surface area contributed by atoms with E-state index in [0.29, 0.717) is 48.9 Å². The minimum atomic E-state index is -1.31. The lowest BCUT2D eigenvalue weighted by atomic mass is 10.0. The van der Waals surface area contributed by atoms with E-state index < -0.39 is 5.67 Å². The van der Waals surface area contributed by atoms with E-state index >= 15 is 0 Å². The van der Waals surface area contributed by atoms with Crippen LogP contribution in [-0.4, -0.2) is 43.1 Å². The average molecular weight is 407 g/mol. The molecule has 1 aliphatic heterocycles. The number of nitriles is 1. The molecule has 0 amide bonds. The van der Waals surface area contributed by atoms with Gasteiger partial charge in [0.05, 0.1) is 30.5 Å². The number of hydrogen-bond acceptors (Lipinski definition) is 6. The maximum absolute atomic E-state index is 14.8. The van der Waals surface area contributed by atoms with Crippen molar-refractivity contribution in [3.63, 3.8) is 0 Å². The van der Waals surface area contributed by atoms with Crippen molar-refractivity contribution in [2.75, 3.05) is 31.6 Å². The highest BCUT2D eigenvalue weighted by molar-refractivity contribution is 5.87. The van der Waals surface area contributed by atoms with Crippen LogP contribution in [0.3, 0.4) is 0 Å². The number of ether oxygens (including phenoxy) is 1. The van der Waals surface area contributed by atoms with Gasteiger partial charge in [-0.2, -0.15) is 5.26 Å². The first-order valence-electron chi connectivity index (χ1n) is 10.4. The normalized spacial score (nSPS) is 20.5. The zero-order valence-electron chi connectivity index (χ0n) is 16.9. The molecule has 2 aliphatic rings. The summed E-state index contributed by atoms with van der Waals surface area (Å²) in [4.78, 5) is 4.56. The van der Waals surface area contributed by atoms with E-state index in [4.69, 9.17) is 15.4 Å². The molecular weight excluding hydrogens is 381 g/mol. The smallest absolute Gasteiger partial charge is 0.222 e. The maximum Gasteiger partial charge on any atom is 0.222 e. The predicted octanol–water partition coefficient (Wildman–Crippen LogP) is 3.91. The number of hydrogen-bond donors (Lipinski definition) is 3. The number of aromatic nitrogens is 1. The molecule has 0 bridgehead atoms. The number of pyridine rings is 1. The van der Waals surface area contributed by atoms with Crippen LogP contribution in [-0.2, 0) is 0 Å². The molecule has 2 heterocycles. The van der Waals surface area contributed by atoms with E-state index in [-0.39, 0.29) is 6.54 Å². The number of anilines is 1. The van der Waals surface area contributed by atoms with Gasteiger partial charge in [0.15, 0.2) is 0 Å². The van der Waals surface area contributed by atoms with Crippen LogP contribution in [0.2, 0.25) is 0 Å². The van der Waals surface area contributed by atoms with Crippen LogP contribution in [0.15, 0.2) is 30.3 Å². The van der Waals surface area contributed by atoms with Gasteiger partial charge in [-0.25, -0.2) is 9.37 Å². The number of benzene rings is 1. The van der Waals surface area contributed by atoms with Gasteiger partial charge in [0.2, 0.25) is 5.88 Å². The largest absolute Gasteiger partial charge is 0.477 e. The molecule has 1 aromatic carbocycles. The standard InChI is InChI=1S/C23H26FN5O/c24-23(8-9-27-14-23)15-28-20-11-19(18-5-3-17(12-25)4-6-18)22(29-21(20)13-26)30-10-7-16-1-2-16/h3-6,11,13,16,26-28H,1-2,7-10,14-15H2. The molecular formula is C23H26FN5O. The Hall–Kier alpha value is -2.98. The summed E-state index contributed by atoms with van der Waals surface area (Å²) >= 11 is 0. The van der Waals surface area contributed by atoms with Crippen molar-refractivity contribution in [2.24, 2.45) is 5.92 Å². The zero-order valence-corrected chi connectivity index (χ0v) is 16.9. The molecule has 1 aliphatic carbocycles. The Kier molecular flexibility index (Phi) is 5.96. The quantitative estimate of drug-likeness (QED) is 0.548. The van der Waals surface area contributed by atoms with Gasteiger partial charge < -0.3 is 20.8 Å². The Balaban J connectivity index is 1.63. The Labute approximate surface area is 176 Å². The van der Waals surface area contributed by atoms with Crippen LogP contribution in [0.4, 0.5) is 10.1 Å². The van der Waals surface area contributed by atoms with Crippen LogP contribution in [0.5, 0.6) is 5.88 Å². The van der Waals surface area contributed by atoms with Crippen LogP contribution < -0.4 is 15.4 Å². The lowest BCUT2D eigenvalue weighted by Crippen LogP contribution is -2.34. The first kappa shape index (κ1) is 20.3. The Morgan fingerprint density at radius 1 is 1.37 bits per heavy atom.